The Balaban J connectivity index is 0.000000218. The van der Waals surface area contributed by atoms with E-state index in [1.165, 1.54) is 52.3 Å². The minimum absolute atomic E-state index is 0.826. The van der Waals surface area contributed by atoms with Crippen molar-refractivity contribution in [1.29, 1.82) is 0 Å². The van der Waals surface area contributed by atoms with Gasteiger partial charge in [0.25, 0.3) is 0 Å². The Labute approximate surface area is 190 Å². The number of nitrogens with zero attached hydrogens (tertiary/aromatic N) is 1. The number of fused-ring (bicyclic) bond motifs is 4. The molecule has 5 aromatic rings. The minimum Gasteiger partial charge on any atom is -0.332 e. The van der Waals surface area contributed by atoms with E-state index in [1.54, 1.807) is 5.56 Å². The summed E-state index contributed by atoms with van der Waals surface area (Å²) >= 11 is -0.826. The number of benzene rings is 2. The molecule has 0 bridgehead atoms. The van der Waals surface area contributed by atoms with Gasteiger partial charge in [-0.1, -0.05) is 24.3 Å². The van der Waals surface area contributed by atoms with E-state index in [4.69, 9.17) is 17.0 Å². The maximum atomic E-state index is 4.93. The van der Waals surface area contributed by atoms with Gasteiger partial charge in [-0.15, -0.1) is 41.1 Å². The first-order valence-electron chi connectivity index (χ1n) is 9.73. The summed E-state index contributed by atoms with van der Waals surface area (Å²) < 4.78 is 2.48. The maximum absolute atomic E-state index is 4.93. The first-order chi connectivity index (χ1) is 14.3. The zero-order valence-electron chi connectivity index (χ0n) is 16.0. The van der Waals surface area contributed by atoms with E-state index in [9.17, 15) is 0 Å². The zero-order valence-corrected chi connectivity index (χ0v) is 20.0. The fourth-order valence-corrected chi connectivity index (χ4v) is 4.21. The Hall–Kier alpha value is -1.60. The van der Waals surface area contributed by atoms with Crippen LogP contribution in [0, 0.1) is 0 Å². The van der Waals surface area contributed by atoms with Crippen LogP contribution in [0.25, 0.3) is 27.4 Å². The van der Waals surface area contributed by atoms with Crippen molar-refractivity contribution in [2.75, 3.05) is 0 Å². The van der Waals surface area contributed by atoms with E-state index in [0.717, 1.165) is 0 Å². The second kappa shape index (κ2) is 9.94. The monoisotopic (exact) mass is 495 g/mol. The molecule has 0 saturated heterocycles. The van der Waals surface area contributed by atoms with Gasteiger partial charge in [0.05, 0.1) is 5.52 Å². The minimum atomic E-state index is -0.826. The van der Waals surface area contributed by atoms with Gasteiger partial charge in [-0.25, -0.2) is 12.1 Å². The fraction of sp³-hybridized carbons (Fsp3) is 0.120. The molecule has 0 unspecified atom stereocenters. The molecule has 144 valence electrons. The van der Waals surface area contributed by atoms with Crippen LogP contribution in [0.15, 0.2) is 91.0 Å². The molecule has 6 rings (SSSR count). The SMILES string of the molecule is [Cl][Zr+2][Cl].c1cc[cH-]c1.c1ccc2[cH-]c(-n3c4c(c5ccccc53)CCC4)cc2c1. The first kappa shape index (κ1) is 20.7. The van der Waals surface area contributed by atoms with Crippen molar-refractivity contribution in [3.8, 4) is 5.69 Å². The van der Waals surface area contributed by atoms with Crippen molar-refractivity contribution < 1.29 is 20.8 Å². The van der Waals surface area contributed by atoms with Gasteiger partial charge in [-0.3, -0.25) is 0 Å². The Morgan fingerprint density at radius 3 is 2.31 bits per heavy atom. The van der Waals surface area contributed by atoms with Crippen molar-refractivity contribution in [3.63, 3.8) is 0 Å². The summed E-state index contributed by atoms with van der Waals surface area (Å²) in [6.45, 7) is 0. The Morgan fingerprint density at radius 1 is 0.862 bits per heavy atom. The van der Waals surface area contributed by atoms with Gasteiger partial charge in [0.2, 0.25) is 0 Å². The van der Waals surface area contributed by atoms with Crippen molar-refractivity contribution in [2.45, 2.75) is 19.3 Å². The number of rotatable bonds is 1. The van der Waals surface area contributed by atoms with E-state index >= 15 is 0 Å². The molecule has 0 N–H and O–H groups in total. The number of aryl methyl sites for hydroxylation is 1. The molecule has 1 heterocycles. The Morgan fingerprint density at radius 2 is 1.59 bits per heavy atom. The number of halogens is 2. The molecule has 1 aliphatic rings. The Bertz CT molecular complexity index is 1130. The van der Waals surface area contributed by atoms with Gasteiger partial charge < -0.3 is 4.57 Å². The second-order valence-electron chi connectivity index (χ2n) is 7.01. The average Bonchev–Trinajstić information content (AvgIpc) is 3.53. The summed E-state index contributed by atoms with van der Waals surface area (Å²) in [5.41, 5.74) is 5.76. The number of para-hydroxylation sites is 1. The smallest absolute Gasteiger partial charge is 0.0516 e. The predicted octanol–water partition coefficient (Wildman–Crippen LogP) is 7.77. The summed E-state index contributed by atoms with van der Waals surface area (Å²) in [5.74, 6) is 0. The van der Waals surface area contributed by atoms with Crippen molar-refractivity contribution >= 4 is 38.7 Å². The van der Waals surface area contributed by atoms with Gasteiger partial charge in [-0.05, 0) is 36.6 Å². The standard InChI is InChI=1S/C20H16N.C5H5.2ClH.Zr/c1-2-7-15-13-16(12-14(15)6-1)21-19-10-4-3-8-17(19)18-9-5-11-20(18)21;1-2-4-5-3-1;;;/h1-4,6-8,10,12-13H,5,9,11H2;1-5H;2*1H;/q2*-1;;;+4/p-2. The van der Waals surface area contributed by atoms with Crippen LogP contribution in [0.1, 0.15) is 17.7 Å². The molecule has 4 heteroatoms. The molecular formula is C25H21Cl2NZr. The molecule has 0 fully saturated rings. The van der Waals surface area contributed by atoms with E-state index in [0.29, 0.717) is 0 Å². The van der Waals surface area contributed by atoms with Crippen molar-refractivity contribution in [1.82, 2.24) is 4.57 Å². The number of hydrogen-bond acceptors (Lipinski definition) is 0. The van der Waals surface area contributed by atoms with Gasteiger partial charge in [-0.2, -0.15) is 18.2 Å². The van der Waals surface area contributed by atoms with Crippen LogP contribution in [0.3, 0.4) is 0 Å². The molecule has 0 radical (unpaired) electrons. The molecule has 0 spiro atoms. The normalized spacial score (nSPS) is 11.9. The summed E-state index contributed by atoms with van der Waals surface area (Å²) in [5, 5.41) is 4.10. The topological polar surface area (TPSA) is 4.93 Å². The first-order valence-corrected chi connectivity index (χ1v) is 16.1. The quantitative estimate of drug-likeness (QED) is 0.209. The third kappa shape index (κ3) is 4.46. The molecule has 1 nitrogen and oxygen atoms in total. The van der Waals surface area contributed by atoms with Crippen LogP contribution in [-0.2, 0) is 33.7 Å². The van der Waals surface area contributed by atoms with Gasteiger partial charge >= 0.3 is 37.9 Å². The summed E-state index contributed by atoms with van der Waals surface area (Å²) in [6, 6.07) is 32.1. The fourth-order valence-electron chi connectivity index (χ4n) is 4.21. The maximum Gasteiger partial charge on any atom is 0.0516 e. The van der Waals surface area contributed by atoms with Crippen LogP contribution in [0.4, 0.5) is 0 Å². The third-order valence-electron chi connectivity index (χ3n) is 5.35. The predicted molar refractivity (Wildman–Crippen MR) is 122 cm³/mol. The Kier molecular flexibility index (Phi) is 7.08. The second-order valence-corrected chi connectivity index (χ2v) is 10.7. The third-order valence-corrected chi connectivity index (χ3v) is 5.35. The summed E-state index contributed by atoms with van der Waals surface area (Å²) in [4.78, 5) is 0. The molecule has 0 aliphatic heterocycles. The number of hydrogen-bond donors (Lipinski definition) is 0. The molecule has 0 saturated carbocycles. The molecule has 1 aromatic heterocycles. The van der Waals surface area contributed by atoms with Gasteiger partial charge in [0, 0.05) is 11.1 Å². The largest absolute Gasteiger partial charge is 0.332 e. The van der Waals surface area contributed by atoms with Gasteiger partial charge in [0.1, 0.15) is 0 Å². The van der Waals surface area contributed by atoms with Crippen LogP contribution < -0.4 is 0 Å². The zero-order chi connectivity index (χ0) is 20.1. The summed E-state index contributed by atoms with van der Waals surface area (Å²) in [6.07, 6.45) is 3.71. The number of aromatic nitrogens is 1. The van der Waals surface area contributed by atoms with E-state index in [-0.39, 0.29) is 0 Å². The van der Waals surface area contributed by atoms with Crippen LogP contribution in [0.2, 0.25) is 0 Å². The van der Waals surface area contributed by atoms with Crippen molar-refractivity contribution in [2.24, 2.45) is 0 Å². The average molecular weight is 498 g/mol. The molecule has 1 aliphatic carbocycles. The summed E-state index contributed by atoms with van der Waals surface area (Å²) in [7, 11) is 9.87. The van der Waals surface area contributed by atoms with E-state index in [2.05, 4.69) is 65.2 Å². The van der Waals surface area contributed by atoms with E-state index in [1.807, 2.05) is 30.3 Å². The molecule has 4 aromatic carbocycles. The molecule has 0 amide bonds. The van der Waals surface area contributed by atoms with Crippen LogP contribution in [-0.4, -0.2) is 4.57 Å². The van der Waals surface area contributed by atoms with E-state index < -0.39 is 20.8 Å². The van der Waals surface area contributed by atoms with Crippen molar-refractivity contribution in [3.05, 3.63) is 102 Å². The van der Waals surface area contributed by atoms with Crippen LogP contribution in [0.5, 0.6) is 0 Å². The molecular weight excluding hydrogens is 476 g/mol. The molecule has 29 heavy (non-hydrogen) atoms. The molecule has 0 atom stereocenters. The van der Waals surface area contributed by atoms with Gasteiger partial charge in [0.15, 0.2) is 0 Å². The van der Waals surface area contributed by atoms with Crippen LogP contribution >= 0.6 is 17.0 Å².